The summed E-state index contributed by atoms with van der Waals surface area (Å²) < 4.78 is 0. The number of nitrogens with zero attached hydrogens (tertiary/aromatic N) is 2. The molecule has 32 heavy (non-hydrogen) atoms. The number of oxime groups is 1. The predicted octanol–water partition coefficient (Wildman–Crippen LogP) is 3.96. The fourth-order valence-electron chi connectivity index (χ4n) is 3.66. The van der Waals surface area contributed by atoms with Gasteiger partial charge in [0.15, 0.2) is 5.84 Å². The quantitative estimate of drug-likeness (QED) is 0.256. The Morgan fingerprint density at radius 2 is 1.28 bits per heavy atom. The summed E-state index contributed by atoms with van der Waals surface area (Å²) in [6, 6.07) is 22.9. The summed E-state index contributed by atoms with van der Waals surface area (Å²) in [7, 11) is 1.46. The molecule has 3 aromatic rings. The number of aryl methyl sites for hydroxylation is 2. The van der Waals surface area contributed by atoms with Crippen LogP contribution < -0.4 is 5.73 Å². The number of nitrogens with two attached hydrogens (primary N) is 1. The van der Waals surface area contributed by atoms with Gasteiger partial charge in [-0.3, -0.25) is 14.5 Å². The van der Waals surface area contributed by atoms with E-state index in [1.165, 1.54) is 23.1 Å². The molecular formula is C25H24ClN3O3. The minimum atomic E-state index is -0.232. The molecule has 0 spiro atoms. The van der Waals surface area contributed by atoms with Crippen LogP contribution in [0.15, 0.2) is 78.0 Å². The van der Waals surface area contributed by atoms with Gasteiger partial charge in [-0.05, 0) is 41.7 Å². The largest absolute Gasteiger partial charge is 0.397 e. The number of amidine groups is 1. The minimum Gasteiger partial charge on any atom is -0.397 e. The molecule has 2 amide bonds. The summed E-state index contributed by atoms with van der Waals surface area (Å²) in [4.78, 5) is 31.0. The number of carbonyl (C=O) groups is 2. The molecule has 7 heteroatoms. The number of hydrogen-bond donors (Lipinski definition) is 1. The molecule has 4 rings (SSSR count). The van der Waals surface area contributed by atoms with Gasteiger partial charge in [-0.25, -0.2) is 0 Å². The minimum absolute atomic E-state index is 0. The lowest BCUT2D eigenvalue weighted by atomic mass is 10.0. The molecule has 0 aliphatic carbocycles. The Labute approximate surface area is 193 Å². The topological polar surface area (TPSA) is 85.0 Å². The van der Waals surface area contributed by atoms with Crippen LogP contribution in [-0.4, -0.2) is 29.7 Å². The first kappa shape index (κ1) is 23.0. The monoisotopic (exact) mass is 449 g/mol. The van der Waals surface area contributed by atoms with E-state index in [9.17, 15) is 9.59 Å². The van der Waals surface area contributed by atoms with Gasteiger partial charge in [0.25, 0.3) is 11.8 Å². The fraction of sp³-hybridized carbons (Fsp3) is 0.160. The van der Waals surface area contributed by atoms with Crippen molar-refractivity contribution in [2.24, 2.45) is 10.9 Å². The van der Waals surface area contributed by atoms with Crippen LogP contribution in [0.3, 0.4) is 0 Å². The van der Waals surface area contributed by atoms with Gasteiger partial charge >= 0.3 is 0 Å². The molecule has 0 saturated carbocycles. The lowest BCUT2D eigenvalue weighted by molar-refractivity contribution is 0.0642. The number of carbonyl (C=O) groups excluding carboxylic acids is 2. The summed E-state index contributed by atoms with van der Waals surface area (Å²) in [5.74, 6) is -0.115. The lowest BCUT2D eigenvalue weighted by Gasteiger charge is -2.14. The Morgan fingerprint density at radius 1 is 0.812 bits per heavy atom. The Bertz CT molecular complexity index is 1110. The molecule has 6 nitrogen and oxygen atoms in total. The zero-order valence-electron chi connectivity index (χ0n) is 17.7. The standard InChI is InChI=1S/C25H23N3O3.ClH/c1-31-27-23(26)20-14-12-18(13-15-20)7-6-17-8-10-19(11-9-17)16-28-24(29)21-4-2-3-5-22(21)25(28)30;/h2-5,8-15H,6-7,16H2,1H3,(H2,26,27);1H. The lowest BCUT2D eigenvalue weighted by Crippen LogP contribution is -2.29. The highest BCUT2D eigenvalue weighted by atomic mass is 35.5. The van der Waals surface area contributed by atoms with Gasteiger partial charge in [0, 0.05) is 5.56 Å². The molecule has 1 aliphatic heterocycles. The molecule has 0 saturated heterocycles. The molecule has 0 unspecified atom stereocenters. The van der Waals surface area contributed by atoms with E-state index < -0.39 is 0 Å². The Balaban J connectivity index is 0.00000289. The second-order valence-electron chi connectivity index (χ2n) is 7.41. The normalized spacial score (nSPS) is 13.0. The SMILES string of the molecule is CON=C(N)c1ccc(CCc2ccc(CN3C(=O)c4ccccc4C3=O)cc2)cc1.Cl. The molecule has 2 N–H and O–H groups in total. The summed E-state index contributed by atoms with van der Waals surface area (Å²) in [5.41, 5.74) is 10.9. The maximum Gasteiger partial charge on any atom is 0.261 e. The van der Waals surface area contributed by atoms with E-state index in [-0.39, 0.29) is 30.8 Å². The molecule has 0 radical (unpaired) electrons. The van der Waals surface area contributed by atoms with Crippen molar-refractivity contribution in [3.05, 3.63) is 106 Å². The molecule has 0 bridgehead atoms. The maximum atomic E-state index is 12.5. The first-order chi connectivity index (χ1) is 15.1. The van der Waals surface area contributed by atoms with Crippen molar-refractivity contribution in [3.63, 3.8) is 0 Å². The van der Waals surface area contributed by atoms with Gasteiger partial charge in [0.2, 0.25) is 0 Å². The van der Waals surface area contributed by atoms with Gasteiger partial charge in [-0.2, -0.15) is 0 Å². The van der Waals surface area contributed by atoms with Crippen LogP contribution in [0.25, 0.3) is 0 Å². The average molecular weight is 450 g/mol. The van der Waals surface area contributed by atoms with E-state index in [0.717, 1.165) is 24.0 Å². The number of benzene rings is 3. The molecule has 3 aromatic carbocycles. The Hall–Kier alpha value is -3.64. The zero-order valence-corrected chi connectivity index (χ0v) is 18.5. The Morgan fingerprint density at radius 3 is 1.78 bits per heavy atom. The van der Waals surface area contributed by atoms with Gasteiger partial charge in [0.05, 0.1) is 17.7 Å². The third kappa shape index (κ3) is 4.81. The molecule has 0 aromatic heterocycles. The maximum absolute atomic E-state index is 12.5. The molecule has 1 heterocycles. The van der Waals surface area contributed by atoms with Gasteiger partial charge < -0.3 is 10.6 Å². The third-order valence-corrected chi connectivity index (χ3v) is 5.38. The second kappa shape index (κ2) is 10.1. The van der Waals surface area contributed by atoms with Crippen LogP contribution >= 0.6 is 12.4 Å². The zero-order chi connectivity index (χ0) is 21.8. The van der Waals surface area contributed by atoms with Gasteiger partial charge in [-0.15, -0.1) is 12.4 Å². The van der Waals surface area contributed by atoms with E-state index in [0.29, 0.717) is 17.0 Å². The van der Waals surface area contributed by atoms with Crippen molar-refractivity contribution in [3.8, 4) is 0 Å². The fourth-order valence-corrected chi connectivity index (χ4v) is 3.66. The van der Waals surface area contributed by atoms with Crippen LogP contribution in [-0.2, 0) is 24.2 Å². The van der Waals surface area contributed by atoms with Crippen LogP contribution in [0.2, 0.25) is 0 Å². The molecule has 0 atom stereocenters. The van der Waals surface area contributed by atoms with Crippen LogP contribution in [0.4, 0.5) is 0 Å². The highest BCUT2D eigenvalue weighted by Gasteiger charge is 2.34. The first-order valence-electron chi connectivity index (χ1n) is 10.1. The first-order valence-corrected chi connectivity index (χ1v) is 10.1. The van der Waals surface area contributed by atoms with Crippen molar-refractivity contribution in [1.29, 1.82) is 0 Å². The van der Waals surface area contributed by atoms with E-state index in [4.69, 9.17) is 10.6 Å². The predicted molar refractivity (Wildman–Crippen MR) is 126 cm³/mol. The molecule has 164 valence electrons. The van der Waals surface area contributed by atoms with Crippen molar-refractivity contribution in [2.75, 3.05) is 7.11 Å². The Kier molecular flexibility index (Phi) is 7.28. The van der Waals surface area contributed by atoms with Crippen LogP contribution in [0.1, 0.15) is 43.0 Å². The van der Waals surface area contributed by atoms with Crippen molar-refractivity contribution < 1.29 is 14.4 Å². The highest BCUT2D eigenvalue weighted by molar-refractivity contribution is 6.21. The third-order valence-electron chi connectivity index (χ3n) is 5.38. The summed E-state index contributed by atoms with van der Waals surface area (Å²) in [6.07, 6.45) is 1.77. The van der Waals surface area contributed by atoms with E-state index in [1.54, 1.807) is 24.3 Å². The summed E-state index contributed by atoms with van der Waals surface area (Å²) in [5, 5.41) is 3.73. The van der Waals surface area contributed by atoms with Crippen LogP contribution in [0.5, 0.6) is 0 Å². The average Bonchev–Trinajstić information content (AvgIpc) is 3.04. The number of amides is 2. The molecule has 1 aliphatic rings. The van der Waals surface area contributed by atoms with E-state index in [1.807, 2.05) is 48.5 Å². The van der Waals surface area contributed by atoms with E-state index in [2.05, 4.69) is 5.16 Å². The molecular weight excluding hydrogens is 426 g/mol. The number of halogens is 1. The smallest absolute Gasteiger partial charge is 0.261 e. The summed E-state index contributed by atoms with van der Waals surface area (Å²) >= 11 is 0. The number of fused-ring (bicyclic) bond motifs is 1. The second-order valence-corrected chi connectivity index (χ2v) is 7.41. The van der Waals surface area contributed by atoms with E-state index >= 15 is 0 Å². The van der Waals surface area contributed by atoms with Crippen molar-refractivity contribution in [1.82, 2.24) is 4.90 Å². The number of hydrogen-bond acceptors (Lipinski definition) is 4. The van der Waals surface area contributed by atoms with Crippen LogP contribution in [0, 0.1) is 0 Å². The van der Waals surface area contributed by atoms with Crippen molar-refractivity contribution >= 4 is 30.1 Å². The van der Waals surface area contributed by atoms with Crippen molar-refractivity contribution in [2.45, 2.75) is 19.4 Å². The van der Waals surface area contributed by atoms with Gasteiger partial charge in [0.1, 0.15) is 7.11 Å². The van der Waals surface area contributed by atoms with Gasteiger partial charge in [-0.1, -0.05) is 65.8 Å². The number of rotatable bonds is 7. The highest BCUT2D eigenvalue weighted by Crippen LogP contribution is 2.24. The summed E-state index contributed by atoms with van der Waals surface area (Å²) in [6.45, 7) is 0.276. The molecule has 0 fully saturated rings. The number of imide groups is 1.